The van der Waals surface area contributed by atoms with Crippen molar-refractivity contribution in [3.63, 3.8) is 0 Å². The fourth-order valence-electron chi connectivity index (χ4n) is 6.75. The number of nitrogens with one attached hydrogen (secondary N) is 4. The average molecular weight is 740 g/mol. The number of hydrogen-bond donors (Lipinski definition) is 7. The van der Waals surface area contributed by atoms with Gasteiger partial charge in [-0.05, 0) is 55.9 Å². The summed E-state index contributed by atoms with van der Waals surface area (Å²) in [7, 11) is 0. The zero-order valence-corrected chi connectivity index (χ0v) is 30.2. The second kappa shape index (κ2) is 17.0. The Bertz CT molecular complexity index is 1620. The highest BCUT2D eigenvalue weighted by atomic mass is 16.8. The van der Waals surface area contributed by atoms with Crippen molar-refractivity contribution in [2.24, 2.45) is 5.92 Å². The van der Waals surface area contributed by atoms with Gasteiger partial charge >= 0.3 is 5.97 Å². The molecule has 0 spiro atoms. The number of cyclic esters (lactones) is 1. The van der Waals surface area contributed by atoms with Crippen LogP contribution < -0.4 is 21.3 Å². The van der Waals surface area contributed by atoms with Gasteiger partial charge < -0.3 is 50.4 Å². The van der Waals surface area contributed by atoms with E-state index in [0.29, 0.717) is 5.56 Å². The van der Waals surface area contributed by atoms with Crippen LogP contribution in [-0.2, 0) is 51.0 Å². The minimum Gasteiger partial charge on any atom is -0.508 e. The van der Waals surface area contributed by atoms with Crippen molar-refractivity contribution in [1.29, 1.82) is 0 Å². The van der Waals surface area contributed by atoms with E-state index >= 15 is 0 Å². The van der Waals surface area contributed by atoms with E-state index in [9.17, 15) is 39.3 Å². The Morgan fingerprint density at radius 2 is 1.47 bits per heavy atom. The van der Waals surface area contributed by atoms with Gasteiger partial charge in [0.05, 0.1) is 12.6 Å². The molecule has 3 saturated heterocycles. The first-order chi connectivity index (χ1) is 25.1. The van der Waals surface area contributed by atoms with Crippen LogP contribution in [0.1, 0.15) is 45.2 Å². The summed E-state index contributed by atoms with van der Waals surface area (Å²) >= 11 is 0. The van der Waals surface area contributed by atoms with E-state index in [1.54, 1.807) is 56.3 Å². The van der Waals surface area contributed by atoms with Gasteiger partial charge in [0.2, 0.25) is 23.6 Å². The fraction of sp³-hybridized carbons (Fsp3) is 0.541. The number of ether oxygens (including phenoxy) is 3. The maximum atomic E-state index is 13.8. The predicted octanol–water partition coefficient (Wildman–Crippen LogP) is -0.765. The molecular formula is C37H49N5O11. The molecule has 0 saturated carbocycles. The zero-order valence-electron chi connectivity index (χ0n) is 30.2. The lowest BCUT2D eigenvalue weighted by atomic mass is 10.0. The van der Waals surface area contributed by atoms with Crippen LogP contribution in [0, 0.1) is 5.92 Å². The number of fused-ring (bicyclic) bond motifs is 2. The van der Waals surface area contributed by atoms with E-state index < -0.39 is 104 Å². The predicted molar refractivity (Wildman–Crippen MR) is 188 cm³/mol. The molecule has 8 atom stereocenters. The Labute approximate surface area is 307 Å². The third-order valence-corrected chi connectivity index (χ3v) is 9.27. The number of aliphatic hydroxyl groups excluding tert-OH is 2. The number of hydrogen-bond acceptors (Lipinski definition) is 12. The van der Waals surface area contributed by atoms with E-state index in [1.165, 1.54) is 12.1 Å². The Kier molecular flexibility index (Phi) is 12.7. The topological polar surface area (TPSA) is 225 Å². The van der Waals surface area contributed by atoms with Gasteiger partial charge in [0.25, 0.3) is 0 Å². The monoisotopic (exact) mass is 739 g/mol. The van der Waals surface area contributed by atoms with Gasteiger partial charge in [0, 0.05) is 6.42 Å². The number of phenols is 1. The number of phenolic OH excluding ortho intramolecular Hbond substituents is 1. The van der Waals surface area contributed by atoms with Crippen LogP contribution in [0.25, 0.3) is 0 Å². The maximum Gasteiger partial charge on any atom is 0.328 e. The maximum absolute atomic E-state index is 13.8. The molecule has 3 heterocycles. The third kappa shape index (κ3) is 10.3. The number of nitrogens with zero attached hydrogens (tertiary/aromatic N) is 1. The molecule has 0 aromatic heterocycles. The zero-order chi connectivity index (χ0) is 38.4. The van der Waals surface area contributed by atoms with E-state index in [0.717, 1.165) is 10.5 Å². The van der Waals surface area contributed by atoms with Gasteiger partial charge in [-0.25, -0.2) is 4.79 Å². The highest BCUT2D eigenvalue weighted by Crippen LogP contribution is 2.34. The van der Waals surface area contributed by atoms with Crippen LogP contribution in [0.4, 0.5) is 0 Å². The van der Waals surface area contributed by atoms with Crippen LogP contribution in [0.5, 0.6) is 5.75 Å². The molecule has 1 unspecified atom stereocenters. The van der Waals surface area contributed by atoms with Crippen molar-refractivity contribution in [2.45, 2.75) is 101 Å². The fourth-order valence-corrected chi connectivity index (χ4v) is 6.75. The summed E-state index contributed by atoms with van der Waals surface area (Å²) in [5.41, 5.74) is 1.41. The van der Waals surface area contributed by atoms with Crippen LogP contribution in [0.15, 0.2) is 54.6 Å². The van der Waals surface area contributed by atoms with E-state index in [-0.39, 0.29) is 30.9 Å². The quantitative estimate of drug-likeness (QED) is 0.182. The summed E-state index contributed by atoms with van der Waals surface area (Å²) in [5, 5.41) is 43.8. The molecule has 4 amide bonds. The molecule has 53 heavy (non-hydrogen) atoms. The largest absolute Gasteiger partial charge is 0.508 e. The second-order valence-electron chi connectivity index (χ2n) is 14.5. The van der Waals surface area contributed by atoms with Gasteiger partial charge in [-0.15, -0.1) is 0 Å². The lowest BCUT2D eigenvalue weighted by Crippen LogP contribution is -2.57. The summed E-state index contributed by atoms with van der Waals surface area (Å²) in [6.07, 6.45) is -6.47. The van der Waals surface area contributed by atoms with Crippen molar-refractivity contribution < 1.29 is 53.5 Å². The van der Waals surface area contributed by atoms with Crippen LogP contribution in [0.2, 0.25) is 0 Å². The molecule has 7 N–H and O–H groups in total. The lowest BCUT2D eigenvalue weighted by Gasteiger charge is -2.33. The highest BCUT2D eigenvalue weighted by Gasteiger charge is 2.54. The first kappa shape index (κ1) is 39.6. The summed E-state index contributed by atoms with van der Waals surface area (Å²) < 4.78 is 17.5. The van der Waals surface area contributed by atoms with Crippen molar-refractivity contribution in [3.8, 4) is 5.75 Å². The molecule has 5 rings (SSSR count). The number of rotatable bonds is 6. The number of carbonyl (C=O) groups is 5. The molecule has 16 heteroatoms. The number of benzene rings is 2. The molecule has 0 bridgehead atoms. The summed E-state index contributed by atoms with van der Waals surface area (Å²) in [6.45, 7) is 5.14. The van der Waals surface area contributed by atoms with E-state index in [1.807, 2.05) is 13.8 Å². The smallest absolute Gasteiger partial charge is 0.328 e. The second-order valence-corrected chi connectivity index (χ2v) is 14.5. The Balaban J connectivity index is 1.45. The molecule has 2 aromatic carbocycles. The highest BCUT2D eigenvalue weighted by molar-refractivity contribution is 5.93. The number of aromatic hydroxyl groups is 1. The molecule has 288 valence electrons. The molecule has 2 aromatic rings. The van der Waals surface area contributed by atoms with Gasteiger partial charge in [0.1, 0.15) is 61.6 Å². The molecule has 0 aliphatic carbocycles. The molecule has 16 nitrogen and oxygen atoms in total. The first-order valence-electron chi connectivity index (χ1n) is 17.7. The molecule has 0 radical (unpaired) electrons. The van der Waals surface area contributed by atoms with Gasteiger partial charge in [-0.1, -0.05) is 56.3 Å². The minimum absolute atomic E-state index is 0.0415. The summed E-state index contributed by atoms with van der Waals surface area (Å²) in [4.78, 5) is 68.6. The van der Waals surface area contributed by atoms with Crippen LogP contribution in [0.3, 0.4) is 0 Å². The molecule has 3 fully saturated rings. The summed E-state index contributed by atoms with van der Waals surface area (Å²) in [6, 6.07) is 11.9. The van der Waals surface area contributed by atoms with E-state index in [4.69, 9.17) is 14.2 Å². The van der Waals surface area contributed by atoms with Crippen LogP contribution in [-0.4, -0.2) is 124 Å². The van der Waals surface area contributed by atoms with Crippen molar-refractivity contribution in [1.82, 2.24) is 26.2 Å². The number of esters is 1. The van der Waals surface area contributed by atoms with Gasteiger partial charge in [0.15, 0.2) is 5.79 Å². The lowest BCUT2D eigenvalue weighted by molar-refractivity contribution is -0.168. The number of amides is 4. The molecule has 3 aliphatic heterocycles. The van der Waals surface area contributed by atoms with Crippen molar-refractivity contribution in [3.05, 3.63) is 65.7 Å². The van der Waals surface area contributed by atoms with Crippen LogP contribution >= 0.6 is 0 Å². The van der Waals surface area contributed by atoms with Crippen molar-refractivity contribution in [2.75, 3.05) is 19.7 Å². The number of aliphatic hydroxyl groups is 2. The summed E-state index contributed by atoms with van der Waals surface area (Å²) in [5.74, 6) is -4.79. The SMILES string of the molecule is CC(C)C[C@@H]1NC(=O)[C@H](Cc2ccccc2)NC(=O)CNC(=O)CN2C(=O)[C@H](Cc3ccc(O)cc3)NC2[C@H](O)[C@H]2OC(C)(C)O[C@@H]2[C@H](O)COC1=O. The first-order valence-corrected chi connectivity index (χ1v) is 17.7. The molecular weight excluding hydrogens is 690 g/mol. The third-order valence-electron chi connectivity index (χ3n) is 9.27. The average Bonchev–Trinajstić information content (AvgIpc) is 3.60. The molecule has 3 aliphatic rings. The Morgan fingerprint density at radius 3 is 2.15 bits per heavy atom. The normalized spacial score (nSPS) is 30.2. The van der Waals surface area contributed by atoms with Crippen molar-refractivity contribution >= 4 is 29.6 Å². The van der Waals surface area contributed by atoms with E-state index in [2.05, 4.69) is 21.3 Å². The van der Waals surface area contributed by atoms with Gasteiger partial charge in [-0.2, -0.15) is 0 Å². The number of carbonyl (C=O) groups excluding carboxylic acids is 5. The van der Waals surface area contributed by atoms with Gasteiger partial charge in [-0.3, -0.25) is 24.5 Å². The minimum atomic E-state index is -1.58. The Morgan fingerprint density at radius 1 is 0.830 bits per heavy atom. The standard InChI is InChI=1S/C37H49N5O11/c1-20(2)14-26-36(50)51-19-27(44)31-32(53-37(3,4)52-31)30(47)33-40-25(16-22-10-12-23(43)13-11-22)35(49)42(33)18-29(46)38-17-28(45)39-24(34(48)41-26)15-21-8-6-5-7-9-21/h5-13,20,24-27,30-33,40,43-44,47H,14-19H2,1-4H3,(H,38,46)(H,39,45)(H,41,48)/t24-,25-,26-,27+,30+,31+,32+,33?/m0/s1. The Hall–Kier alpha value is -4.61.